The Morgan fingerprint density at radius 3 is 2.60 bits per heavy atom. The fraction of sp³-hybridized carbons (Fsp3) is 0.478. The minimum Gasteiger partial charge on any atom is -0.462 e. The first kappa shape index (κ1) is 20.9. The van der Waals surface area contributed by atoms with Crippen molar-refractivity contribution in [2.24, 2.45) is 0 Å². The van der Waals surface area contributed by atoms with Crippen molar-refractivity contribution in [3.05, 3.63) is 46.3 Å². The molecule has 160 valence electrons. The molecule has 0 spiro atoms. The SMILES string of the molecule is CCOC(=O)c1c(NC(=O)C[NH+]2CCN(c3ccccc3)CC2)sc2c1CCCC2. The molecule has 7 heteroatoms. The maximum atomic E-state index is 12.8. The van der Waals surface area contributed by atoms with Crippen LogP contribution in [-0.2, 0) is 22.4 Å². The molecular weight excluding hydrogens is 398 g/mol. The second kappa shape index (κ2) is 9.62. The number of anilines is 2. The van der Waals surface area contributed by atoms with Crippen LogP contribution in [0.25, 0.3) is 0 Å². The van der Waals surface area contributed by atoms with Gasteiger partial charge in [-0.3, -0.25) is 4.79 Å². The van der Waals surface area contributed by atoms with E-state index in [1.54, 1.807) is 11.3 Å². The summed E-state index contributed by atoms with van der Waals surface area (Å²) in [4.78, 5) is 30.2. The standard InChI is InChI=1S/C23H29N3O3S/c1-2-29-23(28)21-18-10-6-7-11-19(18)30-22(21)24-20(27)16-25-12-14-26(15-13-25)17-8-4-3-5-9-17/h3-5,8-9H,2,6-7,10-16H2,1H3,(H,24,27)/p+1. The van der Waals surface area contributed by atoms with E-state index in [2.05, 4.69) is 34.5 Å². The first-order valence-electron chi connectivity index (χ1n) is 10.9. The van der Waals surface area contributed by atoms with Crippen LogP contribution in [-0.4, -0.2) is 51.2 Å². The number of hydrogen-bond donors (Lipinski definition) is 2. The molecule has 0 unspecified atom stereocenters. The van der Waals surface area contributed by atoms with Gasteiger partial charge in [0.25, 0.3) is 5.91 Å². The molecule has 1 aliphatic heterocycles. The van der Waals surface area contributed by atoms with Gasteiger partial charge in [0, 0.05) is 10.6 Å². The highest BCUT2D eigenvalue weighted by Gasteiger charge is 2.28. The highest BCUT2D eigenvalue weighted by atomic mass is 32.1. The molecule has 6 nitrogen and oxygen atoms in total. The fourth-order valence-electron chi connectivity index (χ4n) is 4.37. The summed E-state index contributed by atoms with van der Waals surface area (Å²) in [5.41, 5.74) is 2.92. The van der Waals surface area contributed by atoms with E-state index in [0.29, 0.717) is 23.7 Å². The molecule has 1 aromatic heterocycles. The number of quaternary nitrogens is 1. The lowest BCUT2D eigenvalue weighted by Gasteiger charge is -2.33. The summed E-state index contributed by atoms with van der Waals surface area (Å²) < 4.78 is 5.28. The Morgan fingerprint density at radius 2 is 1.87 bits per heavy atom. The van der Waals surface area contributed by atoms with Crippen LogP contribution >= 0.6 is 11.3 Å². The van der Waals surface area contributed by atoms with Gasteiger partial charge < -0.3 is 19.9 Å². The number of piperazine rings is 1. The number of carbonyl (C=O) groups is 2. The van der Waals surface area contributed by atoms with E-state index in [-0.39, 0.29) is 11.9 Å². The number of thiophene rings is 1. The molecule has 1 aliphatic carbocycles. The number of esters is 1. The minimum absolute atomic E-state index is 0.0256. The Balaban J connectivity index is 1.37. The Kier molecular flexibility index (Phi) is 6.69. The molecule has 1 amide bonds. The lowest BCUT2D eigenvalue weighted by Crippen LogP contribution is -3.15. The lowest BCUT2D eigenvalue weighted by atomic mass is 9.95. The number of rotatable bonds is 6. The smallest absolute Gasteiger partial charge is 0.341 e. The first-order chi connectivity index (χ1) is 14.7. The van der Waals surface area contributed by atoms with Crippen LogP contribution in [0.15, 0.2) is 30.3 Å². The second-order valence-electron chi connectivity index (χ2n) is 7.93. The molecule has 1 fully saturated rings. The monoisotopic (exact) mass is 428 g/mol. The minimum atomic E-state index is -0.309. The van der Waals surface area contributed by atoms with E-state index < -0.39 is 0 Å². The van der Waals surface area contributed by atoms with Gasteiger partial charge in [0.05, 0.1) is 38.3 Å². The van der Waals surface area contributed by atoms with Crippen molar-refractivity contribution in [2.45, 2.75) is 32.6 Å². The van der Waals surface area contributed by atoms with Gasteiger partial charge >= 0.3 is 5.97 Å². The predicted molar refractivity (Wildman–Crippen MR) is 120 cm³/mol. The Hall–Kier alpha value is -2.38. The van der Waals surface area contributed by atoms with Gasteiger partial charge in [-0.2, -0.15) is 0 Å². The number of nitrogens with one attached hydrogen (secondary N) is 2. The topological polar surface area (TPSA) is 63.1 Å². The fourth-order valence-corrected chi connectivity index (χ4v) is 5.66. The van der Waals surface area contributed by atoms with E-state index in [4.69, 9.17) is 4.74 Å². The van der Waals surface area contributed by atoms with Gasteiger partial charge in [-0.25, -0.2) is 4.79 Å². The molecule has 2 heterocycles. The number of benzene rings is 1. The van der Waals surface area contributed by atoms with Gasteiger partial charge in [-0.05, 0) is 50.3 Å². The van der Waals surface area contributed by atoms with Gasteiger partial charge in [0.2, 0.25) is 0 Å². The number of hydrogen-bond acceptors (Lipinski definition) is 5. The third kappa shape index (κ3) is 4.68. The normalized spacial score (nSPS) is 16.8. The van der Waals surface area contributed by atoms with E-state index in [1.807, 2.05) is 13.0 Å². The van der Waals surface area contributed by atoms with E-state index in [0.717, 1.165) is 57.4 Å². The van der Waals surface area contributed by atoms with Gasteiger partial charge in [-0.15, -0.1) is 11.3 Å². The van der Waals surface area contributed by atoms with Crippen LogP contribution in [0.2, 0.25) is 0 Å². The summed E-state index contributed by atoms with van der Waals surface area (Å²) in [6, 6.07) is 10.4. The van der Waals surface area contributed by atoms with Crippen molar-refractivity contribution in [1.82, 2.24) is 0 Å². The molecule has 2 N–H and O–H groups in total. The van der Waals surface area contributed by atoms with Gasteiger partial charge in [0.15, 0.2) is 6.54 Å². The molecular formula is C23H30N3O3S+. The van der Waals surface area contributed by atoms with Crippen LogP contribution in [0.4, 0.5) is 10.7 Å². The van der Waals surface area contributed by atoms with Crippen LogP contribution in [0.1, 0.15) is 40.6 Å². The number of aryl methyl sites for hydroxylation is 1. The summed E-state index contributed by atoms with van der Waals surface area (Å²) in [6.45, 7) is 6.30. The average molecular weight is 429 g/mol. The Morgan fingerprint density at radius 1 is 1.13 bits per heavy atom. The number of ether oxygens (including phenoxy) is 1. The molecule has 0 atom stereocenters. The third-order valence-electron chi connectivity index (χ3n) is 5.91. The van der Waals surface area contributed by atoms with E-state index in [9.17, 15) is 9.59 Å². The van der Waals surface area contributed by atoms with Crippen molar-refractivity contribution in [3.8, 4) is 0 Å². The molecule has 1 aromatic carbocycles. The number of carbonyl (C=O) groups excluding carboxylic acids is 2. The van der Waals surface area contributed by atoms with Crippen molar-refractivity contribution >= 4 is 33.9 Å². The van der Waals surface area contributed by atoms with Crippen LogP contribution in [0.3, 0.4) is 0 Å². The molecule has 0 radical (unpaired) electrons. The Labute approximate surface area is 181 Å². The average Bonchev–Trinajstić information content (AvgIpc) is 3.12. The van der Waals surface area contributed by atoms with Crippen molar-refractivity contribution in [1.29, 1.82) is 0 Å². The first-order valence-corrected chi connectivity index (χ1v) is 11.7. The quantitative estimate of drug-likeness (QED) is 0.692. The highest BCUT2D eigenvalue weighted by Crippen LogP contribution is 2.38. The van der Waals surface area contributed by atoms with Crippen LogP contribution < -0.4 is 15.1 Å². The zero-order valence-electron chi connectivity index (χ0n) is 17.5. The van der Waals surface area contributed by atoms with Gasteiger partial charge in [-0.1, -0.05) is 18.2 Å². The van der Waals surface area contributed by atoms with Gasteiger partial charge in [0.1, 0.15) is 5.00 Å². The van der Waals surface area contributed by atoms with Crippen molar-refractivity contribution in [2.75, 3.05) is 49.5 Å². The van der Waals surface area contributed by atoms with Crippen molar-refractivity contribution < 1.29 is 19.2 Å². The summed E-state index contributed by atoms with van der Waals surface area (Å²) in [6.07, 6.45) is 4.09. The number of fused-ring (bicyclic) bond motifs is 1. The maximum Gasteiger partial charge on any atom is 0.341 e. The molecule has 2 aliphatic rings. The van der Waals surface area contributed by atoms with Crippen molar-refractivity contribution in [3.63, 3.8) is 0 Å². The highest BCUT2D eigenvalue weighted by molar-refractivity contribution is 7.17. The molecule has 0 saturated carbocycles. The molecule has 2 aromatic rings. The van der Waals surface area contributed by atoms with E-state index in [1.165, 1.54) is 15.5 Å². The Bertz CT molecular complexity index is 889. The van der Waals surface area contributed by atoms with Crippen LogP contribution in [0, 0.1) is 0 Å². The predicted octanol–water partition coefficient (Wildman–Crippen LogP) is 2.15. The summed E-state index contributed by atoms with van der Waals surface area (Å²) in [7, 11) is 0. The molecule has 1 saturated heterocycles. The number of nitrogens with zero attached hydrogens (tertiary/aromatic N) is 1. The number of amides is 1. The van der Waals surface area contributed by atoms with E-state index >= 15 is 0 Å². The summed E-state index contributed by atoms with van der Waals surface area (Å²) in [5, 5.41) is 3.72. The zero-order valence-corrected chi connectivity index (χ0v) is 18.4. The maximum absolute atomic E-state index is 12.8. The molecule has 4 rings (SSSR count). The third-order valence-corrected chi connectivity index (χ3v) is 7.11. The zero-order chi connectivity index (χ0) is 20.9. The lowest BCUT2D eigenvalue weighted by molar-refractivity contribution is -0.892. The molecule has 0 bridgehead atoms. The second-order valence-corrected chi connectivity index (χ2v) is 9.04. The van der Waals surface area contributed by atoms with Crippen LogP contribution in [0.5, 0.6) is 0 Å². The number of para-hydroxylation sites is 1. The largest absolute Gasteiger partial charge is 0.462 e. The summed E-state index contributed by atoms with van der Waals surface area (Å²) in [5.74, 6) is -0.335. The summed E-state index contributed by atoms with van der Waals surface area (Å²) >= 11 is 1.55. The molecule has 30 heavy (non-hydrogen) atoms.